The Morgan fingerprint density at radius 1 is 0.606 bits per heavy atom. The van der Waals surface area contributed by atoms with Crippen LogP contribution in [0, 0.1) is 28.1 Å². The first kappa shape index (κ1) is 71.8. The van der Waals surface area contributed by atoms with E-state index >= 15 is 0 Å². The van der Waals surface area contributed by atoms with Gasteiger partial charge in [-0.3, -0.25) is 4.79 Å². The summed E-state index contributed by atoms with van der Waals surface area (Å²) in [7, 11) is 6.25. The molecule has 8 aliphatic heterocycles. The number of aliphatic hydroxyl groups excluding tert-OH is 3. The van der Waals surface area contributed by atoms with Crippen LogP contribution >= 0.6 is 0 Å². The zero-order valence-corrected chi connectivity index (χ0v) is 57.9. The molecule has 12 rings (SSSR count). The van der Waals surface area contributed by atoms with Crippen molar-refractivity contribution in [3.8, 4) is 0 Å². The molecule has 0 aromatic carbocycles. The van der Waals surface area contributed by atoms with Gasteiger partial charge in [-0.05, 0) is 135 Å². The molecule has 0 radical (unpaired) electrons. The molecular weight excluding hydrogens is 1230 g/mol. The molecule has 0 amide bonds. The molecule has 7 saturated heterocycles. The highest BCUT2D eigenvalue weighted by molar-refractivity contribution is 5.96. The normalized spacial score (nSPS) is 52.7. The molecule has 0 unspecified atom stereocenters. The van der Waals surface area contributed by atoms with E-state index < -0.39 is 171 Å². The highest BCUT2D eigenvalue weighted by atomic mass is 17.2. The highest BCUT2D eigenvalue weighted by Gasteiger charge is 2.70. The van der Waals surface area contributed by atoms with Gasteiger partial charge in [0.1, 0.15) is 43.2 Å². The molecule has 25 heteroatoms. The van der Waals surface area contributed by atoms with Gasteiger partial charge < -0.3 is 106 Å². The highest BCUT2D eigenvalue weighted by Crippen LogP contribution is 2.72. The van der Waals surface area contributed by atoms with E-state index in [1.165, 1.54) is 12.7 Å². The largest absolute Gasteiger partial charge is 0.493 e. The SMILES string of the molecule is COC1=C[C@@H](C)O[C@@H](O[C@H]2CC[C@@]3(C)C(=CC[C@]4(C)[C@H]3CC[C@@]3(C)[C@H]4CC[C@]3(O)[C@H](C)O[C@H]3C[C@H]4OC[C@]5(C[C@H](OC)[C@H](O[C@H]6C[C@H](O)[C@H](O[C@H]7C[C@H](O)[C@H](O[C@H]8C[C@H](OC)[C@H](O[C@H]9C[C@@H](OC)[C@H](O)[C@@H](C)O9)[C@@H](C)O8)[C@@H](C)O7)[C@@H](C)O6)[C@@H](C)O5)OO[C@@H]4[C@@H](C)O3)C2)C1=O. The molecule has 25 nitrogen and oxygen atoms in total. The van der Waals surface area contributed by atoms with Crippen molar-refractivity contribution in [2.24, 2.45) is 28.1 Å². The third-order valence-electron chi connectivity index (χ3n) is 24.5. The van der Waals surface area contributed by atoms with E-state index in [9.17, 15) is 25.2 Å². The Kier molecular flexibility index (Phi) is 21.7. The number of aliphatic hydroxyl groups is 4. The number of allylic oxidation sites excluding steroid dienone is 1. The van der Waals surface area contributed by atoms with Gasteiger partial charge in [0.05, 0.1) is 104 Å². The second-order valence-corrected chi connectivity index (χ2v) is 30.2. The van der Waals surface area contributed by atoms with Crippen molar-refractivity contribution >= 4 is 5.78 Å². The number of carbonyl (C=O) groups excluding carboxylic acids is 1. The third-order valence-corrected chi connectivity index (χ3v) is 24.5. The van der Waals surface area contributed by atoms with Gasteiger partial charge in [-0.1, -0.05) is 32.4 Å². The second kappa shape index (κ2) is 28.5. The molecule has 0 aromatic rings. The van der Waals surface area contributed by atoms with Gasteiger partial charge in [-0.15, -0.1) is 0 Å². The average Bonchev–Trinajstić information content (AvgIpc) is 1.40. The Balaban J connectivity index is 0.600. The smallest absolute Gasteiger partial charge is 0.252 e. The predicted octanol–water partition coefficient (Wildman–Crippen LogP) is 6.27. The van der Waals surface area contributed by atoms with Crippen LogP contribution in [0.4, 0.5) is 0 Å². The molecule has 10 fully saturated rings. The van der Waals surface area contributed by atoms with Gasteiger partial charge in [-0.25, -0.2) is 4.89 Å². The summed E-state index contributed by atoms with van der Waals surface area (Å²) >= 11 is 0. The van der Waals surface area contributed by atoms with E-state index in [0.29, 0.717) is 31.6 Å². The van der Waals surface area contributed by atoms with Crippen LogP contribution < -0.4 is 0 Å². The van der Waals surface area contributed by atoms with Crippen molar-refractivity contribution in [2.45, 2.75) is 343 Å². The van der Waals surface area contributed by atoms with Crippen LogP contribution in [0.25, 0.3) is 0 Å². The molecule has 34 atom stereocenters. The molecule has 536 valence electrons. The molecule has 4 N–H and O–H groups in total. The lowest BCUT2D eigenvalue weighted by Crippen LogP contribution is -2.62. The number of ether oxygens (including phenoxy) is 18. The fourth-order valence-electron chi connectivity index (χ4n) is 19.3. The molecule has 1 spiro atoms. The summed E-state index contributed by atoms with van der Waals surface area (Å²) in [5.41, 5.74) is -0.168. The minimum absolute atomic E-state index is 0.0166. The average molecular weight is 1340 g/mol. The van der Waals surface area contributed by atoms with Gasteiger partial charge in [-0.2, -0.15) is 4.89 Å². The molecule has 8 heterocycles. The van der Waals surface area contributed by atoms with Crippen LogP contribution in [0.15, 0.2) is 23.5 Å². The summed E-state index contributed by atoms with van der Waals surface area (Å²) in [6.07, 6.45) is -4.90. The minimum Gasteiger partial charge on any atom is -0.493 e. The third kappa shape index (κ3) is 13.6. The standard InChI is InChI=1S/C69H110O25/c1-33-24-45(75-12)58(73)64(80-33)87-42-17-21-65(9)41(25-42)16-20-66(10)50(65)18-22-67(11)51(66)19-23-69(67,74)40(8)86-54-30-48-63(38(6)85-54)93-94-68(32-79-48)31-49(78-15)62(39(7)92-68)90-53-27-44(71)59(35(3)83-53)88-52-26-43(70)60(36(4)82-52)89-56-29-47(77-14)61(37(5)84-56)91-55-28-46(76-13)57(72)34(2)81-55/h16,24,33-40,42-44,46-57,59-64,70-72,74H,17-23,25-32H2,1-15H3/t33-,34-,35-,36-,37-,38-,39-,40+,42+,43+,44+,46-,47+,48-,49+,50+,51+,52+,53+,54+,55+,56+,57-,59-,60-,61-,62-,63-,64+,65+,66-,67+,68+,69+/m1/s1. The van der Waals surface area contributed by atoms with E-state index in [0.717, 1.165) is 44.9 Å². The summed E-state index contributed by atoms with van der Waals surface area (Å²) in [5.74, 6) is -0.659. The van der Waals surface area contributed by atoms with E-state index in [4.69, 9.17) is 95.0 Å². The number of carbonyl (C=O) groups is 1. The maximum Gasteiger partial charge on any atom is 0.252 e. The summed E-state index contributed by atoms with van der Waals surface area (Å²) in [6, 6.07) is 0. The first-order valence-corrected chi connectivity index (χ1v) is 35.0. The predicted molar refractivity (Wildman–Crippen MR) is 329 cm³/mol. The Morgan fingerprint density at radius 2 is 1.18 bits per heavy atom. The summed E-state index contributed by atoms with van der Waals surface area (Å²) in [4.78, 5) is 25.6. The fraction of sp³-hybridized carbons (Fsp3) is 0.928. The van der Waals surface area contributed by atoms with Gasteiger partial charge >= 0.3 is 0 Å². The van der Waals surface area contributed by atoms with Gasteiger partial charge in [0, 0.05) is 65.3 Å². The van der Waals surface area contributed by atoms with Crippen LogP contribution in [0.2, 0.25) is 0 Å². The molecule has 0 aromatic heterocycles. The summed E-state index contributed by atoms with van der Waals surface area (Å²) in [5, 5.41) is 46.7. The number of fused-ring (bicyclic) bond motifs is 6. The number of hydrogen-bond donors (Lipinski definition) is 4. The Bertz CT molecular complexity index is 2630. The van der Waals surface area contributed by atoms with Crippen LogP contribution in [-0.4, -0.2) is 239 Å². The summed E-state index contributed by atoms with van der Waals surface area (Å²) in [6.45, 7) is 22.1. The van der Waals surface area contributed by atoms with Crippen molar-refractivity contribution < 1.29 is 120 Å². The minimum atomic E-state index is -1.37. The Hall–Kier alpha value is -1.97. The molecule has 12 aliphatic rings. The number of methoxy groups -OCH3 is 4. The lowest BCUT2D eigenvalue weighted by atomic mass is 9.41. The van der Waals surface area contributed by atoms with E-state index in [1.54, 1.807) is 48.2 Å². The quantitative estimate of drug-likeness (QED) is 0.0922. The maximum absolute atomic E-state index is 13.1. The van der Waals surface area contributed by atoms with Crippen molar-refractivity contribution in [2.75, 3.05) is 35.0 Å². The molecular formula is C69H110O25. The van der Waals surface area contributed by atoms with Gasteiger partial charge in [0.25, 0.3) is 5.78 Å². The number of Topliss-reactive ketones (excluding diaryl/α,β-unsaturated/α-hetero) is 1. The van der Waals surface area contributed by atoms with Gasteiger partial charge in [0.15, 0.2) is 37.2 Å². The molecule has 4 aliphatic carbocycles. The van der Waals surface area contributed by atoms with E-state index in [1.807, 2.05) is 34.6 Å². The second-order valence-electron chi connectivity index (χ2n) is 30.2. The van der Waals surface area contributed by atoms with Crippen molar-refractivity contribution in [3.63, 3.8) is 0 Å². The Labute approximate surface area is 554 Å². The topological polar surface area (TPSA) is 283 Å². The maximum atomic E-state index is 13.1. The van der Waals surface area contributed by atoms with Gasteiger partial charge in [0.2, 0.25) is 12.1 Å². The zero-order valence-electron chi connectivity index (χ0n) is 57.9. The number of rotatable bonds is 17. The monoisotopic (exact) mass is 1340 g/mol. The van der Waals surface area contributed by atoms with E-state index in [-0.39, 0.29) is 66.4 Å². The van der Waals surface area contributed by atoms with Crippen LogP contribution in [0.3, 0.4) is 0 Å². The number of hydrogen-bond acceptors (Lipinski definition) is 25. The lowest BCUT2D eigenvalue weighted by Gasteiger charge is -2.64. The number of ketones is 1. The first-order valence-electron chi connectivity index (χ1n) is 35.0. The Morgan fingerprint density at radius 3 is 1.81 bits per heavy atom. The fourth-order valence-corrected chi connectivity index (χ4v) is 19.3. The lowest BCUT2D eigenvalue weighted by molar-refractivity contribution is -0.472. The summed E-state index contributed by atoms with van der Waals surface area (Å²) < 4.78 is 113. The molecule has 0 bridgehead atoms. The van der Waals surface area contributed by atoms with Crippen molar-refractivity contribution in [1.82, 2.24) is 0 Å². The first-order chi connectivity index (χ1) is 44.6. The van der Waals surface area contributed by atoms with Crippen LogP contribution in [0.1, 0.15) is 166 Å². The molecule has 3 saturated carbocycles. The van der Waals surface area contributed by atoms with Crippen molar-refractivity contribution in [1.29, 1.82) is 0 Å². The molecule has 94 heavy (non-hydrogen) atoms. The van der Waals surface area contributed by atoms with Crippen LogP contribution in [-0.2, 0) is 99.8 Å². The van der Waals surface area contributed by atoms with Crippen molar-refractivity contribution in [3.05, 3.63) is 23.5 Å². The van der Waals surface area contributed by atoms with E-state index in [2.05, 4.69) is 26.8 Å². The van der Waals surface area contributed by atoms with Crippen LogP contribution in [0.5, 0.6) is 0 Å². The zero-order chi connectivity index (χ0) is 67.1.